The van der Waals surface area contributed by atoms with Crippen LogP contribution in [-0.4, -0.2) is 48.5 Å². The summed E-state index contributed by atoms with van der Waals surface area (Å²) in [6, 6.07) is 0.430. The lowest BCUT2D eigenvalue weighted by Gasteiger charge is -2.27. The van der Waals surface area contributed by atoms with Gasteiger partial charge in [-0.3, -0.25) is 0 Å². The number of ether oxygens (including phenoxy) is 1. The van der Waals surface area contributed by atoms with Crippen molar-refractivity contribution in [2.75, 3.05) is 20.2 Å². The van der Waals surface area contributed by atoms with Gasteiger partial charge in [-0.25, -0.2) is 0 Å². The van der Waals surface area contributed by atoms with Crippen LogP contribution in [0.1, 0.15) is 33.1 Å². The molecule has 3 nitrogen and oxygen atoms in total. The molecule has 3 unspecified atom stereocenters. The second-order valence-electron chi connectivity index (χ2n) is 4.51. The van der Waals surface area contributed by atoms with Crippen molar-refractivity contribution in [1.29, 1.82) is 0 Å². The normalized spacial score (nSPS) is 26.8. The van der Waals surface area contributed by atoms with Crippen molar-refractivity contribution in [3.05, 3.63) is 0 Å². The largest absolute Gasteiger partial charge is 0.393 e. The Morgan fingerprint density at radius 1 is 1.50 bits per heavy atom. The molecule has 1 fully saturated rings. The van der Waals surface area contributed by atoms with E-state index in [2.05, 4.69) is 18.9 Å². The molecule has 0 aromatic carbocycles. The summed E-state index contributed by atoms with van der Waals surface area (Å²) in [6.45, 7) is 5.91. The van der Waals surface area contributed by atoms with Crippen molar-refractivity contribution >= 4 is 0 Å². The van der Waals surface area contributed by atoms with E-state index in [1.54, 1.807) is 0 Å². The number of aliphatic hydroxyl groups excluding tert-OH is 1. The Morgan fingerprint density at radius 2 is 2.21 bits per heavy atom. The zero-order chi connectivity index (χ0) is 10.6. The molecule has 0 bridgehead atoms. The van der Waals surface area contributed by atoms with Gasteiger partial charge < -0.3 is 14.7 Å². The van der Waals surface area contributed by atoms with E-state index in [1.165, 1.54) is 12.8 Å². The molecule has 0 amide bonds. The maximum Gasteiger partial charge on any atom is 0.0702 e. The second-order valence-corrected chi connectivity index (χ2v) is 4.51. The Morgan fingerprint density at radius 3 is 2.71 bits per heavy atom. The minimum absolute atomic E-state index is 0.211. The van der Waals surface area contributed by atoms with Gasteiger partial charge in [0, 0.05) is 19.2 Å². The lowest BCUT2D eigenvalue weighted by atomic mass is 10.1. The first-order valence-corrected chi connectivity index (χ1v) is 5.59. The highest BCUT2D eigenvalue weighted by Gasteiger charge is 2.20. The van der Waals surface area contributed by atoms with Crippen molar-refractivity contribution in [2.24, 2.45) is 0 Å². The fourth-order valence-corrected chi connectivity index (χ4v) is 1.96. The van der Waals surface area contributed by atoms with E-state index in [4.69, 9.17) is 4.74 Å². The van der Waals surface area contributed by atoms with Gasteiger partial charge in [0.25, 0.3) is 0 Å². The van der Waals surface area contributed by atoms with Crippen LogP contribution in [-0.2, 0) is 4.74 Å². The molecule has 1 N–H and O–H groups in total. The molecule has 84 valence electrons. The fraction of sp³-hybridized carbons (Fsp3) is 1.00. The Hall–Kier alpha value is -0.120. The Bertz CT molecular complexity index is 155. The van der Waals surface area contributed by atoms with E-state index in [0.29, 0.717) is 12.1 Å². The number of hydrogen-bond acceptors (Lipinski definition) is 3. The van der Waals surface area contributed by atoms with Gasteiger partial charge in [-0.1, -0.05) is 0 Å². The monoisotopic (exact) mass is 201 g/mol. The predicted molar refractivity (Wildman–Crippen MR) is 57.4 cm³/mol. The van der Waals surface area contributed by atoms with E-state index in [0.717, 1.165) is 19.6 Å². The lowest BCUT2D eigenvalue weighted by molar-refractivity contribution is 0.0591. The molecular weight excluding hydrogens is 178 g/mol. The lowest BCUT2D eigenvalue weighted by Crippen LogP contribution is -2.37. The Labute approximate surface area is 87.1 Å². The molecule has 1 aliphatic heterocycles. The molecule has 3 heteroatoms. The standard InChI is InChI=1S/C11H23NO2/c1-9(7-10(2)13)12(3)8-11-5-4-6-14-11/h9-11,13H,4-8H2,1-3H3. The van der Waals surface area contributed by atoms with Crippen LogP contribution in [0.15, 0.2) is 0 Å². The molecule has 3 atom stereocenters. The first-order valence-electron chi connectivity index (χ1n) is 5.59. The summed E-state index contributed by atoms with van der Waals surface area (Å²) in [5.74, 6) is 0. The first-order chi connectivity index (χ1) is 6.59. The van der Waals surface area contributed by atoms with E-state index < -0.39 is 0 Å². The number of aliphatic hydroxyl groups is 1. The highest BCUT2D eigenvalue weighted by Crippen LogP contribution is 2.14. The predicted octanol–water partition coefficient (Wildman–Crippen LogP) is 1.26. The van der Waals surface area contributed by atoms with Crippen LogP contribution in [0.3, 0.4) is 0 Å². The zero-order valence-corrected chi connectivity index (χ0v) is 9.57. The van der Waals surface area contributed by atoms with Crippen LogP contribution >= 0.6 is 0 Å². The molecule has 14 heavy (non-hydrogen) atoms. The molecule has 0 aromatic heterocycles. The summed E-state index contributed by atoms with van der Waals surface area (Å²) in [4.78, 5) is 2.28. The second kappa shape index (κ2) is 5.69. The highest BCUT2D eigenvalue weighted by molar-refractivity contribution is 4.73. The van der Waals surface area contributed by atoms with Crippen LogP contribution in [0.4, 0.5) is 0 Å². The van der Waals surface area contributed by atoms with Crippen LogP contribution in [0.5, 0.6) is 0 Å². The molecule has 1 heterocycles. The Balaban J connectivity index is 2.21. The topological polar surface area (TPSA) is 32.7 Å². The molecule has 0 radical (unpaired) electrons. The summed E-state index contributed by atoms with van der Waals surface area (Å²) in [6.07, 6.45) is 3.42. The molecular formula is C11H23NO2. The van der Waals surface area contributed by atoms with E-state index >= 15 is 0 Å². The Kier molecular flexibility index (Phi) is 4.85. The molecule has 0 aliphatic carbocycles. The van der Waals surface area contributed by atoms with Gasteiger partial charge in [-0.15, -0.1) is 0 Å². The quantitative estimate of drug-likeness (QED) is 0.727. The smallest absolute Gasteiger partial charge is 0.0702 e. The number of rotatable bonds is 5. The van der Waals surface area contributed by atoms with Crippen LogP contribution in [0.25, 0.3) is 0 Å². The summed E-state index contributed by atoms with van der Waals surface area (Å²) in [5, 5.41) is 9.27. The van der Waals surface area contributed by atoms with Crippen LogP contribution < -0.4 is 0 Å². The van der Waals surface area contributed by atoms with E-state index in [-0.39, 0.29) is 6.10 Å². The maximum atomic E-state index is 9.27. The number of hydrogen-bond donors (Lipinski definition) is 1. The average Bonchev–Trinajstić information content (AvgIpc) is 2.55. The van der Waals surface area contributed by atoms with Gasteiger partial charge in [0.1, 0.15) is 0 Å². The van der Waals surface area contributed by atoms with Crippen molar-refractivity contribution < 1.29 is 9.84 Å². The third-order valence-corrected chi connectivity index (χ3v) is 2.95. The zero-order valence-electron chi connectivity index (χ0n) is 9.57. The third-order valence-electron chi connectivity index (χ3n) is 2.95. The fourth-order valence-electron chi connectivity index (χ4n) is 1.96. The third kappa shape index (κ3) is 3.95. The summed E-state index contributed by atoms with van der Waals surface area (Å²) >= 11 is 0. The first kappa shape index (κ1) is 12.0. The SMILES string of the molecule is CC(O)CC(C)N(C)CC1CCCO1. The van der Waals surface area contributed by atoms with Gasteiger partial charge >= 0.3 is 0 Å². The maximum absolute atomic E-state index is 9.27. The summed E-state index contributed by atoms with van der Waals surface area (Å²) in [5.41, 5.74) is 0. The summed E-state index contributed by atoms with van der Waals surface area (Å²) < 4.78 is 5.57. The number of likely N-dealkylation sites (N-methyl/N-ethyl adjacent to an activating group) is 1. The van der Waals surface area contributed by atoms with Crippen molar-refractivity contribution in [3.63, 3.8) is 0 Å². The van der Waals surface area contributed by atoms with Crippen molar-refractivity contribution in [3.8, 4) is 0 Å². The number of nitrogens with zero attached hydrogens (tertiary/aromatic N) is 1. The molecule has 0 spiro atoms. The molecule has 0 aromatic rings. The van der Waals surface area contributed by atoms with Crippen LogP contribution in [0.2, 0.25) is 0 Å². The molecule has 1 saturated heterocycles. The van der Waals surface area contributed by atoms with Crippen molar-refractivity contribution in [1.82, 2.24) is 4.90 Å². The van der Waals surface area contributed by atoms with Gasteiger partial charge in [0.2, 0.25) is 0 Å². The molecule has 1 aliphatic rings. The molecule has 1 rings (SSSR count). The molecule has 0 saturated carbocycles. The van der Waals surface area contributed by atoms with Crippen molar-refractivity contribution in [2.45, 2.75) is 51.4 Å². The highest BCUT2D eigenvalue weighted by atomic mass is 16.5. The summed E-state index contributed by atoms with van der Waals surface area (Å²) in [7, 11) is 2.11. The van der Waals surface area contributed by atoms with E-state index in [9.17, 15) is 5.11 Å². The minimum Gasteiger partial charge on any atom is -0.393 e. The minimum atomic E-state index is -0.211. The van der Waals surface area contributed by atoms with Gasteiger partial charge in [0.15, 0.2) is 0 Å². The van der Waals surface area contributed by atoms with Gasteiger partial charge in [0.05, 0.1) is 12.2 Å². The van der Waals surface area contributed by atoms with Gasteiger partial charge in [-0.05, 0) is 40.2 Å². The van der Waals surface area contributed by atoms with Gasteiger partial charge in [-0.2, -0.15) is 0 Å². The average molecular weight is 201 g/mol. The van der Waals surface area contributed by atoms with Crippen LogP contribution in [0, 0.1) is 0 Å². The van der Waals surface area contributed by atoms with E-state index in [1.807, 2.05) is 6.92 Å².